The van der Waals surface area contributed by atoms with E-state index >= 15 is 17.6 Å². The molecule has 5 rings (SSSR count). The molecule has 0 atom stereocenters. The summed E-state index contributed by atoms with van der Waals surface area (Å²) >= 11 is 4.54. The van der Waals surface area contributed by atoms with Gasteiger partial charge in [-0.05, 0) is 75.2 Å². The van der Waals surface area contributed by atoms with Crippen LogP contribution in [0.2, 0.25) is 0 Å². The van der Waals surface area contributed by atoms with Gasteiger partial charge in [0.15, 0.2) is 0 Å². The smallest absolute Gasteiger partial charge is 0.194 e. The number of thiophene rings is 4. The van der Waals surface area contributed by atoms with Gasteiger partial charge < -0.3 is 0 Å². The normalized spacial score (nSPS) is 18.6. The molecule has 0 N–H and O–H groups in total. The van der Waals surface area contributed by atoms with Gasteiger partial charge in [-0.3, -0.25) is 0 Å². The molecule has 1 aliphatic rings. The van der Waals surface area contributed by atoms with Crippen LogP contribution in [0, 0.1) is 27.7 Å². The molecular weight excluding hydrogens is 543 g/mol. The van der Waals surface area contributed by atoms with Crippen LogP contribution in [-0.2, 0) is 0 Å². The number of allylic oxidation sites excluding steroid dienone is 2. The molecule has 0 bridgehead atoms. The van der Waals surface area contributed by atoms with Crippen LogP contribution >= 0.6 is 45.3 Å². The van der Waals surface area contributed by atoms with Crippen molar-refractivity contribution >= 4 is 56.5 Å². The molecule has 0 amide bonds. The molecule has 4 heterocycles. The van der Waals surface area contributed by atoms with Crippen molar-refractivity contribution in [2.75, 3.05) is 0 Å². The van der Waals surface area contributed by atoms with E-state index in [1.807, 2.05) is 26.0 Å². The Kier molecular flexibility index (Phi) is 5.71. The minimum Gasteiger partial charge on any atom is -0.194 e. The van der Waals surface area contributed by atoms with E-state index in [2.05, 4.69) is 0 Å². The molecule has 0 aromatic carbocycles. The van der Waals surface area contributed by atoms with Crippen molar-refractivity contribution in [3.05, 3.63) is 67.0 Å². The first-order valence-electron chi connectivity index (χ1n) is 10.5. The summed E-state index contributed by atoms with van der Waals surface area (Å²) in [6, 6.07) is 10.5. The maximum Gasteiger partial charge on any atom is 0.380 e. The third kappa shape index (κ3) is 3.59. The number of hydrogen-bond acceptors (Lipinski definition) is 4. The van der Waals surface area contributed by atoms with Crippen LogP contribution in [0.1, 0.15) is 30.6 Å². The Hall–Kier alpha value is -1.88. The summed E-state index contributed by atoms with van der Waals surface area (Å²) in [6.45, 7) is 6.75. The standard InChI is InChI=1S/C25H18F6S4/c1-11-9-17(15-7-5-13(3)32-15)34-21(11)19-20(24(28,29)25(30,31)23(19,26)27)22-12(2)10-18(35-22)16-8-6-14(4)33-16/h5-10H,1-4H3. The third-order valence-corrected chi connectivity index (χ3v) is 10.8. The largest absolute Gasteiger partial charge is 0.380 e. The quantitative estimate of drug-likeness (QED) is 0.218. The Morgan fingerprint density at radius 3 is 1.20 bits per heavy atom. The molecule has 0 radical (unpaired) electrons. The van der Waals surface area contributed by atoms with Crippen LogP contribution in [0.3, 0.4) is 0 Å². The first-order valence-corrected chi connectivity index (χ1v) is 13.8. The highest BCUT2D eigenvalue weighted by atomic mass is 32.1. The van der Waals surface area contributed by atoms with Crippen molar-refractivity contribution < 1.29 is 26.3 Å². The number of halogens is 6. The molecule has 0 aliphatic heterocycles. The Morgan fingerprint density at radius 2 is 0.886 bits per heavy atom. The van der Waals surface area contributed by atoms with Crippen LogP contribution in [0.15, 0.2) is 36.4 Å². The Morgan fingerprint density at radius 1 is 0.514 bits per heavy atom. The van der Waals surface area contributed by atoms with Gasteiger partial charge in [-0.2, -0.15) is 26.3 Å². The molecule has 1 aliphatic carbocycles. The van der Waals surface area contributed by atoms with E-state index in [0.29, 0.717) is 9.75 Å². The molecule has 184 valence electrons. The maximum absolute atomic E-state index is 15.3. The molecule has 0 unspecified atom stereocenters. The summed E-state index contributed by atoms with van der Waals surface area (Å²) in [6.07, 6.45) is 0. The van der Waals surface area contributed by atoms with E-state index in [0.717, 1.165) is 42.2 Å². The van der Waals surface area contributed by atoms with Crippen LogP contribution in [0.25, 0.3) is 30.7 Å². The summed E-state index contributed by atoms with van der Waals surface area (Å²) in [5.74, 6) is -15.6. The van der Waals surface area contributed by atoms with Crippen molar-refractivity contribution in [2.24, 2.45) is 0 Å². The lowest BCUT2D eigenvalue weighted by atomic mass is 10.0. The zero-order valence-corrected chi connectivity index (χ0v) is 22.1. The van der Waals surface area contributed by atoms with E-state index in [4.69, 9.17) is 0 Å². The predicted octanol–water partition coefficient (Wildman–Crippen LogP) is 10.3. The first kappa shape index (κ1) is 24.8. The molecule has 0 saturated heterocycles. The molecule has 35 heavy (non-hydrogen) atoms. The van der Waals surface area contributed by atoms with Crippen LogP contribution in [0.5, 0.6) is 0 Å². The van der Waals surface area contributed by atoms with Crippen LogP contribution < -0.4 is 0 Å². The summed E-state index contributed by atoms with van der Waals surface area (Å²) in [4.78, 5) is 4.21. The Balaban J connectivity index is 1.78. The van der Waals surface area contributed by atoms with Gasteiger partial charge in [-0.15, -0.1) is 45.3 Å². The lowest BCUT2D eigenvalue weighted by Gasteiger charge is -2.25. The highest BCUT2D eigenvalue weighted by molar-refractivity contribution is 7.23. The third-order valence-electron chi connectivity index (χ3n) is 5.92. The minimum absolute atomic E-state index is 0.232. The fourth-order valence-electron chi connectivity index (χ4n) is 4.17. The van der Waals surface area contributed by atoms with Crippen molar-refractivity contribution in [2.45, 2.75) is 45.5 Å². The van der Waals surface area contributed by atoms with E-state index in [9.17, 15) is 8.78 Å². The van der Waals surface area contributed by atoms with E-state index in [1.54, 1.807) is 24.3 Å². The first-order chi connectivity index (χ1) is 16.3. The van der Waals surface area contributed by atoms with Gasteiger partial charge in [0.2, 0.25) is 0 Å². The van der Waals surface area contributed by atoms with Crippen molar-refractivity contribution in [3.63, 3.8) is 0 Å². The van der Waals surface area contributed by atoms with Crippen molar-refractivity contribution in [1.82, 2.24) is 0 Å². The topological polar surface area (TPSA) is 0 Å². The van der Waals surface area contributed by atoms with Crippen LogP contribution in [-0.4, -0.2) is 17.8 Å². The molecule has 10 heteroatoms. The number of alkyl halides is 6. The molecule has 0 saturated carbocycles. The van der Waals surface area contributed by atoms with E-state index < -0.39 is 28.9 Å². The predicted molar refractivity (Wildman–Crippen MR) is 136 cm³/mol. The number of aryl methyl sites for hydroxylation is 4. The lowest BCUT2D eigenvalue weighted by molar-refractivity contribution is -0.254. The Bertz CT molecular complexity index is 1370. The van der Waals surface area contributed by atoms with Gasteiger partial charge in [0, 0.05) is 39.0 Å². The number of rotatable bonds is 4. The van der Waals surface area contributed by atoms with Gasteiger partial charge in [0.1, 0.15) is 0 Å². The number of hydrogen-bond donors (Lipinski definition) is 0. The fourth-order valence-corrected chi connectivity index (χ4v) is 8.58. The average molecular weight is 561 g/mol. The van der Waals surface area contributed by atoms with Crippen molar-refractivity contribution in [3.8, 4) is 19.5 Å². The molecule has 0 fully saturated rings. The second-order valence-electron chi connectivity index (χ2n) is 8.54. The molecule has 4 aromatic heterocycles. The highest BCUT2D eigenvalue weighted by Gasteiger charge is 2.80. The maximum atomic E-state index is 15.3. The average Bonchev–Trinajstić information content (AvgIpc) is 3.54. The van der Waals surface area contributed by atoms with Gasteiger partial charge in [-0.1, -0.05) is 0 Å². The minimum atomic E-state index is -5.56. The Labute approximate surface area is 214 Å². The molecule has 0 nitrogen and oxygen atoms in total. The van der Waals surface area contributed by atoms with Gasteiger partial charge in [-0.25, -0.2) is 0 Å². The SMILES string of the molecule is Cc1ccc(-c2cc(C)c(C3=C(c4sc(-c5ccc(C)s5)cc4C)C(F)(F)C(F)(F)C3(F)F)s2)s1. The van der Waals surface area contributed by atoms with E-state index in [1.165, 1.54) is 36.5 Å². The summed E-state index contributed by atoms with van der Waals surface area (Å²) in [5.41, 5.74) is -2.01. The van der Waals surface area contributed by atoms with E-state index in [-0.39, 0.29) is 20.9 Å². The van der Waals surface area contributed by atoms with Gasteiger partial charge >= 0.3 is 17.8 Å². The zero-order chi connectivity index (χ0) is 25.5. The second kappa shape index (κ2) is 8.06. The lowest BCUT2D eigenvalue weighted by Crippen LogP contribution is -2.48. The monoisotopic (exact) mass is 560 g/mol. The van der Waals surface area contributed by atoms with Gasteiger partial charge in [0.25, 0.3) is 0 Å². The molecule has 0 spiro atoms. The summed E-state index contributed by atoms with van der Waals surface area (Å²) < 4.78 is 90.7. The molecule has 4 aromatic rings. The summed E-state index contributed by atoms with van der Waals surface area (Å²) in [5, 5.41) is 0. The summed E-state index contributed by atoms with van der Waals surface area (Å²) in [7, 11) is 0. The van der Waals surface area contributed by atoms with Crippen LogP contribution in [0.4, 0.5) is 26.3 Å². The fraction of sp³-hybridized carbons (Fsp3) is 0.280. The zero-order valence-electron chi connectivity index (χ0n) is 18.9. The van der Waals surface area contributed by atoms with Crippen molar-refractivity contribution in [1.29, 1.82) is 0 Å². The second-order valence-corrected chi connectivity index (χ2v) is 13.2. The molecular formula is C25H18F6S4. The van der Waals surface area contributed by atoms with Gasteiger partial charge in [0.05, 0.1) is 11.1 Å². The highest BCUT2D eigenvalue weighted by Crippen LogP contribution is 2.66.